The molecule has 5 nitrogen and oxygen atoms in total. The Kier molecular flexibility index (Phi) is 2.78. The highest BCUT2D eigenvalue weighted by molar-refractivity contribution is 6.66. The summed E-state index contributed by atoms with van der Waals surface area (Å²) >= 11 is 0. The predicted octanol–water partition coefficient (Wildman–Crippen LogP) is -0.766. The Balaban J connectivity index is 4.54. The molecule has 5 heteroatoms. The molecule has 0 radical (unpaired) electrons. The van der Waals surface area contributed by atoms with Crippen LogP contribution in [-0.2, 0) is 9.59 Å². The molecule has 0 fully saturated rings. The minimum Gasteiger partial charge on any atom is -0.475 e. The van der Waals surface area contributed by atoms with Gasteiger partial charge in [-0.15, -0.1) is 0 Å². The maximum atomic E-state index is 10.4. The quantitative estimate of drug-likeness (QED) is 0.403. The second kappa shape index (κ2) is 3.35. The van der Waals surface area contributed by atoms with E-state index in [1.165, 1.54) is 13.1 Å². The lowest BCUT2D eigenvalue weighted by molar-refractivity contribution is -0.145. The Morgan fingerprint density at radius 2 is 2.10 bits per heavy atom. The number of carboxylic acids is 1. The van der Waals surface area contributed by atoms with Crippen molar-refractivity contribution < 1.29 is 14.7 Å². The van der Waals surface area contributed by atoms with Gasteiger partial charge in [-0.3, -0.25) is 9.79 Å². The number of aliphatic carboxylic acids is 1. The zero-order valence-electron chi connectivity index (χ0n) is 5.16. The third-order valence-electron chi connectivity index (χ3n) is 0.739. The Bertz CT molecular complexity index is 236. The van der Waals surface area contributed by atoms with Crippen LogP contribution in [0, 0.1) is 11.3 Å². The maximum absolute atomic E-state index is 10.4. The number of hydrogen-bond acceptors (Lipinski definition) is 4. The second-order valence-corrected chi connectivity index (χ2v) is 1.32. The van der Waals surface area contributed by atoms with Gasteiger partial charge in [0.05, 0.1) is 0 Å². The number of nitrogens with zero attached hydrogens (tertiary/aromatic N) is 2. The molecule has 0 aromatic heterocycles. The summed E-state index contributed by atoms with van der Waals surface area (Å²) < 4.78 is 0. The normalized spacial score (nSPS) is 10.2. The zero-order valence-corrected chi connectivity index (χ0v) is 5.16. The van der Waals surface area contributed by atoms with Crippen molar-refractivity contribution in [2.24, 2.45) is 4.99 Å². The van der Waals surface area contributed by atoms with Crippen LogP contribution in [0.2, 0.25) is 0 Å². The van der Waals surface area contributed by atoms with E-state index in [0.717, 1.165) is 0 Å². The van der Waals surface area contributed by atoms with Crippen molar-refractivity contribution in [2.45, 2.75) is 0 Å². The van der Waals surface area contributed by atoms with E-state index < -0.39 is 17.5 Å². The number of nitriles is 1. The van der Waals surface area contributed by atoms with Crippen LogP contribution < -0.4 is 0 Å². The number of ketones is 1. The highest BCUT2D eigenvalue weighted by Gasteiger charge is 2.17. The van der Waals surface area contributed by atoms with E-state index in [1.54, 1.807) is 0 Å². The Hall–Kier alpha value is -1.70. The molecule has 0 heterocycles. The first-order chi connectivity index (χ1) is 4.63. The van der Waals surface area contributed by atoms with E-state index in [4.69, 9.17) is 10.4 Å². The molecule has 10 heavy (non-hydrogen) atoms. The molecule has 0 aliphatic rings. The molecule has 0 unspecified atom stereocenters. The van der Waals surface area contributed by atoms with E-state index in [2.05, 4.69) is 4.99 Å². The third-order valence-corrected chi connectivity index (χ3v) is 0.739. The van der Waals surface area contributed by atoms with Crippen LogP contribution in [0.25, 0.3) is 0 Å². The Labute approximate surface area is 56.6 Å². The monoisotopic (exact) mass is 140 g/mol. The average Bonchev–Trinajstić information content (AvgIpc) is 1.90. The number of rotatable bonds is 2. The summed E-state index contributed by atoms with van der Waals surface area (Å²) in [5, 5.41) is 16.1. The molecular formula is C5H4N2O3. The van der Waals surface area contributed by atoms with Crippen molar-refractivity contribution in [1.29, 1.82) is 5.26 Å². The summed E-state index contributed by atoms with van der Waals surface area (Å²) in [4.78, 5) is 23.4. The summed E-state index contributed by atoms with van der Waals surface area (Å²) in [6.07, 6.45) is 0. The first-order valence-electron chi connectivity index (χ1n) is 2.28. The second-order valence-electron chi connectivity index (χ2n) is 1.32. The molecule has 0 saturated heterocycles. The fourth-order valence-corrected chi connectivity index (χ4v) is 0.304. The molecule has 0 aliphatic carbocycles. The number of aliphatic imine (C=N–C) groups is 1. The van der Waals surface area contributed by atoms with Gasteiger partial charge in [-0.2, -0.15) is 5.26 Å². The van der Waals surface area contributed by atoms with Crippen LogP contribution in [0.1, 0.15) is 0 Å². The lowest BCUT2D eigenvalue weighted by Crippen LogP contribution is -2.21. The van der Waals surface area contributed by atoms with Gasteiger partial charge in [0, 0.05) is 7.05 Å². The zero-order chi connectivity index (χ0) is 8.15. The van der Waals surface area contributed by atoms with Gasteiger partial charge in [-0.05, 0) is 0 Å². The van der Waals surface area contributed by atoms with Crippen LogP contribution in [0.4, 0.5) is 0 Å². The fourth-order valence-electron chi connectivity index (χ4n) is 0.304. The van der Waals surface area contributed by atoms with Crippen molar-refractivity contribution >= 4 is 17.5 Å². The van der Waals surface area contributed by atoms with E-state index in [0.29, 0.717) is 0 Å². The van der Waals surface area contributed by atoms with Crippen LogP contribution in [0.3, 0.4) is 0 Å². The third kappa shape index (κ3) is 1.67. The molecule has 0 rings (SSSR count). The van der Waals surface area contributed by atoms with E-state index in [9.17, 15) is 9.59 Å². The lowest BCUT2D eigenvalue weighted by Gasteiger charge is -1.85. The molecule has 0 aliphatic heterocycles. The fraction of sp³-hybridized carbons (Fsp3) is 0.200. The van der Waals surface area contributed by atoms with Crippen molar-refractivity contribution in [3.63, 3.8) is 0 Å². The predicted molar refractivity (Wildman–Crippen MR) is 31.6 cm³/mol. The first-order valence-corrected chi connectivity index (χ1v) is 2.28. The largest absolute Gasteiger partial charge is 0.475 e. The molecule has 0 aromatic carbocycles. The van der Waals surface area contributed by atoms with Crippen LogP contribution in [0.5, 0.6) is 0 Å². The SMILES string of the molecule is C/N=C(\C#N)C(=O)C(=O)O. The molecule has 52 valence electrons. The van der Waals surface area contributed by atoms with E-state index >= 15 is 0 Å². The number of hydrogen-bond donors (Lipinski definition) is 1. The van der Waals surface area contributed by atoms with Gasteiger partial charge < -0.3 is 5.11 Å². The van der Waals surface area contributed by atoms with Gasteiger partial charge >= 0.3 is 5.97 Å². The topological polar surface area (TPSA) is 90.5 Å². The number of Topliss-reactive ketones (excluding diaryl/α,β-unsaturated/α-hetero) is 1. The minimum absolute atomic E-state index is 0.590. The summed E-state index contributed by atoms with van der Waals surface area (Å²) in [5.74, 6) is -2.94. The summed E-state index contributed by atoms with van der Waals surface area (Å²) in [6, 6.07) is 1.35. The molecular weight excluding hydrogens is 136 g/mol. The summed E-state index contributed by atoms with van der Waals surface area (Å²) in [7, 11) is 1.18. The number of carboxylic acid groups (broad SMARTS) is 1. The average molecular weight is 140 g/mol. The molecule has 0 atom stereocenters. The smallest absolute Gasteiger partial charge is 0.379 e. The van der Waals surface area contributed by atoms with Gasteiger partial charge in [0.1, 0.15) is 6.07 Å². The van der Waals surface area contributed by atoms with E-state index in [-0.39, 0.29) is 0 Å². The molecule has 0 amide bonds. The summed E-state index contributed by atoms with van der Waals surface area (Å²) in [6.45, 7) is 0. The lowest BCUT2D eigenvalue weighted by atomic mass is 10.3. The number of carbonyl (C=O) groups excluding carboxylic acids is 1. The van der Waals surface area contributed by atoms with Gasteiger partial charge in [0.2, 0.25) is 0 Å². The van der Waals surface area contributed by atoms with Gasteiger partial charge in [-0.1, -0.05) is 0 Å². The van der Waals surface area contributed by atoms with Crippen LogP contribution in [0.15, 0.2) is 4.99 Å². The van der Waals surface area contributed by atoms with Crippen LogP contribution >= 0.6 is 0 Å². The van der Waals surface area contributed by atoms with E-state index in [1.807, 2.05) is 0 Å². The molecule has 0 bridgehead atoms. The van der Waals surface area contributed by atoms with Gasteiger partial charge in [0.15, 0.2) is 5.71 Å². The highest BCUT2D eigenvalue weighted by Crippen LogP contribution is 1.78. The standard InChI is InChI=1S/C5H4N2O3/c1-7-3(2-6)4(8)5(9)10/h1H3,(H,9,10)/b7-3+. The van der Waals surface area contributed by atoms with Gasteiger partial charge in [-0.25, -0.2) is 4.79 Å². The minimum atomic E-state index is -1.66. The first kappa shape index (κ1) is 8.30. The molecule has 1 N–H and O–H groups in total. The molecule has 0 aromatic rings. The van der Waals surface area contributed by atoms with Crippen molar-refractivity contribution in [1.82, 2.24) is 0 Å². The van der Waals surface area contributed by atoms with Crippen molar-refractivity contribution in [3.05, 3.63) is 0 Å². The molecule has 0 spiro atoms. The summed E-state index contributed by atoms with van der Waals surface area (Å²) in [5.41, 5.74) is -0.590. The van der Waals surface area contributed by atoms with Gasteiger partial charge in [0.25, 0.3) is 5.78 Å². The maximum Gasteiger partial charge on any atom is 0.379 e. The Morgan fingerprint density at radius 3 is 2.20 bits per heavy atom. The number of carbonyl (C=O) groups is 2. The highest BCUT2D eigenvalue weighted by atomic mass is 16.4. The van der Waals surface area contributed by atoms with Crippen molar-refractivity contribution in [3.8, 4) is 6.07 Å². The Morgan fingerprint density at radius 1 is 1.60 bits per heavy atom. The van der Waals surface area contributed by atoms with Crippen LogP contribution in [-0.4, -0.2) is 29.6 Å². The van der Waals surface area contributed by atoms with Crippen molar-refractivity contribution in [2.75, 3.05) is 7.05 Å². The molecule has 0 saturated carbocycles.